The minimum atomic E-state index is 0.170. The molecule has 140 valence electrons. The summed E-state index contributed by atoms with van der Waals surface area (Å²) in [6.07, 6.45) is 2.95. The van der Waals surface area contributed by atoms with E-state index in [0.29, 0.717) is 32.7 Å². The number of rotatable bonds is 11. The van der Waals surface area contributed by atoms with Crippen molar-refractivity contribution in [3.63, 3.8) is 0 Å². The van der Waals surface area contributed by atoms with Crippen LogP contribution in [0.4, 0.5) is 0 Å². The molecule has 0 bridgehead atoms. The van der Waals surface area contributed by atoms with Crippen LogP contribution in [0.25, 0.3) is 0 Å². The number of nitrogens with zero attached hydrogens (tertiary/aromatic N) is 2. The van der Waals surface area contributed by atoms with Crippen molar-refractivity contribution in [3.8, 4) is 0 Å². The number of guanidine groups is 1. The fraction of sp³-hybridized carbons (Fsp3) is 0.882. The van der Waals surface area contributed by atoms with Crippen molar-refractivity contribution in [3.05, 3.63) is 0 Å². The van der Waals surface area contributed by atoms with Gasteiger partial charge in [0.05, 0.1) is 25.9 Å². The third-order valence-corrected chi connectivity index (χ3v) is 3.92. The number of hydrogen-bond donors (Lipinski definition) is 2. The van der Waals surface area contributed by atoms with Gasteiger partial charge in [-0.25, -0.2) is 0 Å². The quantitative estimate of drug-likeness (QED) is 0.333. The first-order valence-electron chi connectivity index (χ1n) is 9.20. The van der Waals surface area contributed by atoms with Crippen LogP contribution in [0.1, 0.15) is 40.0 Å². The van der Waals surface area contributed by atoms with Gasteiger partial charge in [-0.05, 0) is 33.6 Å². The van der Waals surface area contributed by atoms with Crippen molar-refractivity contribution in [1.82, 2.24) is 15.5 Å². The predicted octanol–water partition coefficient (Wildman–Crippen LogP) is 0.996. The molecule has 7 heteroatoms. The zero-order valence-corrected chi connectivity index (χ0v) is 15.5. The van der Waals surface area contributed by atoms with Crippen LogP contribution in [0.3, 0.4) is 0 Å². The number of carbonyl (C=O) groups is 1. The number of amides is 1. The van der Waals surface area contributed by atoms with E-state index in [0.717, 1.165) is 45.0 Å². The monoisotopic (exact) mass is 342 g/mol. The van der Waals surface area contributed by atoms with Crippen molar-refractivity contribution in [2.75, 3.05) is 52.5 Å². The van der Waals surface area contributed by atoms with Gasteiger partial charge >= 0.3 is 0 Å². The molecular weight excluding hydrogens is 308 g/mol. The van der Waals surface area contributed by atoms with E-state index in [2.05, 4.69) is 15.6 Å². The summed E-state index contributed by atoms with van der Waals surface area (Å²) in [4.78, 5) is 18.3. The number of nitrogens with one attached hydrogen (secondary N) is 2. The van der Waals surface area contributed by atoms with Crippen LogP contribution in [0.15, 0.2) is 4.99 Å². The van der Waals surface area contributed by atoms with E-state index in [1.165, 1.54) is 0 Å². The lowest BCUT2D eigenvalue weighted by molar-refractivity contribution is -0.130. The SMILES string of the molecule is CCNC(=NCCOCC1CCCO1)NCCC(=O)N(CC)CC. The second-order valence-electron chi connectivity index (χ2n) is 5.71. The molecule has 2 N–H and O–H groups in total. The van der Waals surface area contributed by atoms with Gasteiger partial charge in [-0.1, -0.05) is 0 Å². The lowest BCUT2D eigenvalue weighted by Crippen LogP contribution is -2.40. The first-order chi connectivity index (χ1) is 11.7. The minimum Gasteiger partial charge on any atom is -0.377 e. The van der Waals surface area contributed by atoms with Gasteiger partial charge in [0.2, 0.25) is 5.91 Å². The summed E-state index contributed by atoms with van der Waals surface area (Å²) >= 11 is 0. The Labute approximate surface area is 146 Å². The molecule has 1 unspecified atom stereocenters. The van der Waals surface area contributed by atoms with Crippen molar-refractivity contribution in [1.29, 1.82) is 0 Å². The number of aliphatic imine (C=N–C) groups is 1. The topological polar surface area (TPSA) is 75.2 Å². The van der Waals surface area contributed by atoms with Gasteiger partial charge in [0.15, 0.2) is 5.96 Å². The summed E-state index contributed by atoms with van der Waals surface area (Å²) in [5, 5.41) is 6.38. The highest BCUT2D eigenvalue weighted by atomic mass is 16.5. The lowest BCUT2D eigenvalue weighted by Gasteiger charge is -2.19. The molecule has 0 radical (unpaired) electrons. The van der Waals surface area contributed by atoms with Crippen LogP contribution < -0.4 is 10.6 Å². The highest BCUT2D eigenvalue weighted by molar-refractivity contribution is 5.81. The van der Waals surface area contributed by atoms with Crippen molar-refractivity contribution in [2.45, 2.75) is 46.1 Å². The van der Waals surface area contributed by atoms with Crippen LogP contribution in [0, 0.1) is 0 Å². The second-order valence-corrected chi connectivity index (χ2v) is 5.71. The Kier molecular flexibility index (Phi) is 11.2. The molecule has 1 aliphatic heterocycles. The van der Waals surface area contributed by atoms with Gasteiger partial charge in [-0.2, -0.15) is 0 Å². The molecule has 0 aliphatic carbocycles. The number of carbonyl (C=O) groups excluding carboxylic acids is 1. The molecule has 0 saturated carbocycles. The maximum atomic E-state index is 12.0. The van der Waals surface area contributed by atoms with Crippen LogP contribution in [-0.2, 0) is 14.3 Å². The average molecular weight is 342 g/mol. The summed E-state index contributed by atoms with van der Waals surface area (Å²) in [5.74, 6) is 0.897. The Morgan fingerprint density at radius 3 is 2.71 bits per heavy atom. The van der Waals surface area contributed by atoms with Gasteiger partial charge in [0.1, 0.15) is 0 Å². The van der Waals surface area contributed by atoms with Gasteiger partial charge in [0, 0.05) is 39.2 Å². The van der Waals surface area contributed by atoms with Crippen LogP contribution in [0.5, 0.6) is 0 Å². The van der Waals surface area contributed by atoms with Crippen LogP contribution in [-0.4, -0.2) is 75.4 Å². The molecule has 24 heavy (non-hydrogen) atoms. The molecular formula is C17H34N4O3. The average Bonchev–Trinajstić information content (AvgIpc) is 3.09. The summed E-state index contributed by atoms with van der Waals surface area (Å²) in [6.45, 7) is 11.6. The molecule has 0 aromatic carbocycles. The van der Waals surface area contributed by atoms with Crippen molar-refractivity contribution in [2.24, 2.45) is 4.99 Å². The van der Waals surface area contributed by atoms with E-state index >= 15 is 0 Å². The normalized spacial score (nSPS) is 17.8. The number of hydrogen-bond acceptors (Lipinski definition) is 4. The zero-order chi connectivity index (χ0) is 17.6. The molecule has 1 atom stereocenters. The van der Waals surface area contributed by atoms with E-state index < -0.39 is 0 Å². The van der Waals surface area contributed by atoms with Gasteiger partial charge < -0.3 is 25.0 Å². The van der Waals surface area contributed by atoms with Crippen molar-refractivity contribution < 1.29 is 14.3 Å². The van der Waals surface area contributed by atoms with E-state index in [9.17, 15) is 4.79 Å². The molecule has 1 amide bonds. The molecule has 0 aromatic rings. The maximum absolute atomic E-state index is 12.0. The second kappa shape index (κ2) is 13.0. The maximum Gasteiger partial charge on any atom is 0.224 e. The summed E-state index contributed by atoms with van der Waals surface area (Å²) in [7, 11) is 0. The molecule has 0 aromatic heterocycles. The van der Waals surface area contributed by atoms with Gasteiger partial charge in [0.25, 0.3) is 0 Å². The number of ether oxygens (including phenoxy) is 2. The third-order valence-electron chi connectivity index (χ3n) is 3.92. The van der Waals surface area contributed by atoms with Crippen LogP contribution in [0.2, 0.25) is 0 Å². The van der Waals surface area contributed by atoms with Crippen molar-refractivity contribution >= 4 is 11.9 Å². The summed E-state index contributed by atoms with van der Waals surface area (Å²) < 4.78 is 11.1. The van der Waals surface area contributed by atoms with Crippen LogP contribution >= 0.6 is 0 Å². The molecule has 0 spiro atoms. The summed E-state index contributed by atoms with van der Waals surface area (Å²) in [6, 6.07) is 0. The smallest absolute Gasteiger partial charge is 0.224 e. The first kappa shape index (κ1) is 20.7. The van der Waals surface area contributed by atoms with E-state index in [-0.39, 0.29) is 12.0 Å². The predicted molar refractivity (Wildman–Crippen MR) is 96.3 cm³/mol. The first-order valence-corrected chi connectivity index (χ1v) is 9.20. The third kappa shape index (κ3) is 8.49. The fourth-order valence-corrected chi connectivity index (χ4v) is 2.58. The van der Waals surface area contributed by atoms with E-state index in [1.54, 1.807) is 0 Å². The Bertz CT molecular complexity index is 367. The molecule has 1 fully saturated rings. The Morgan fingerprint density at radius 2 is 2.08 bits per heavy atom. The van der Waals surface area contributed by atoms with E-state index in [1.807, 2.05) is 25.7 Å². The molecule has 1 heterocycles. The zero-order valence-electron chi connectivity index (χ0n) is 15.5. The van der Waals surface area contributed by atoms with Gasteiger partial charge in [-0.15, -0.1) is 0 Å². The molecule has 7 nitrogen and oxygen atoms in total. The Morgan fingerprint density at radius 1 is 1.29 bits per heavy atom. The molecule has 1 saturated heterocycles. The standard InChI is InChI=1S/C17H34N4O3/c1-4-18-17(19-10-9-16(22)21(5-2)6-3)20-11-13-23-14-15-8-7-12-24-15/h15H,4-14H2,1-3H3,(H2,18,19,20). The highest BCUT2D eigenvalue weighted by Gasteiger charge is 2.14. The Balaban J connectivity index is 2.20. The minimum absolute atomic E-state index is 0.170. The molecule has 1 rings (SSSR count). The van der Waals surface area contributed by atoms with Gasteiger partial charge in [-0.3, -0.25) is 9.79 Å². The molecule has 1 aliphatic rings. The highest BCUT2D eigenvalue weighted by Crippen LogP contribution is 2.11. The Hall–Kier alpha value is -1.34. The van der Waals surface area contributed by atoms with E-state index in [4.69, 9.17) is 9.47 Å². The lowest BCUT2D eigenvalue weighted by atomic mass is 10.2. The largest absolute Gasteiger partial charge is 0.377 e. The summed E-state index contributed by atoms with van der Waals surface area (Å²) in [5.41, 5.74) is 0. The fourth-order valence-electron chi connectivity index (χ4n) is 2.58.